The van der Waals surface area contributed by atoms with Crippen molar-refractivity contribution in [2.45, 2.75) is 44.3 Å². The van der Waals surface area contributed by atoms with Gasteiger partial charge in [-0.25, -0.2) is 10.3 Å². The molecule has 1 aliphatic heterocycles. The lowest BCUT2D eigenvalue weighted by atomic mass is 10.1. The predicted molar refractivity (Wildman–Crippen MR) is 134 cm³/mol. The molecule has 0 bridgehead atoms. The number of rotatable bonds is 10. The molecule has 2 aromatic carbocycles. The van der Waals surface area contributed by atoms with Crippen LogP contribution in [0.25, 0.3) is 0 Å². The molecule has 186 valence electrons. The summed E-state index contributed by atoms with van der Waals surface area (Å²) in [6.45, 7) is 0.528. The van der Waals surface area contributed by atoms with E-state index < -0.39 is 6.04 Å². The molecule has 1 fully saturated rings. The molecule has 3 rings (SSSR count). The number of carbonyl (C=O) groups excluding carboxylic acids is 3. The van der Waals surface area contributed by atoms with Crippen LogP contribution in [0.2, 0.25) is 0 Å². The molecule has 2 aromatic rings. The summed E-state index contributed by atoms with van der Waals surface area (Å²) in [5.41, 5.74) is 10.5. The fraction of sp³-hybridized carbons (Fsp3) is 0.400. The maximum Gasteiger partial charge on any atom is 0.314 e. The second-order valence-corrected chi connectivity index (χ2v) is 8.49. The monoisotopic (exact) mass is 479 g/mol. The Hall–Kier alpha value is -3.95. The van der Waals surface area contributed by atoms with Gasteiger partial charge in [0.1, 0.15) is 11.7 Å². The summed E-state index contributed by atoms with van der Waals surface area (Å²) in [7, 11) is 3.28. The van der Waals surface area contributed by atoms with E-state index in [1.54, 1.807) is 24.1 Å². The van der Waals surface area contributed by atoms with Crippen LogP contribution in [0.4, 0.5) is 16.2 Å². The lowest BCUT2D eigenvalue weighted by Gasteiger charge is -2.24. The summed E-state index contributed by atoms with van der Waals surface area (Å²) in [5, 5.41) is 14.7. The van der Waals surface area contributed by atoms with E-state index >= 15 is 0 Å². The van der Waals surface area contributed by atoms with Gasteiger partial charge in [0.25, 0.3) is 0 Å². The predicted octanol–water partition coefficient (Wildman–Crippen LogP) is 2.93. The zero-order chi connectivity index (χ0) is 25.2. The summed E-state index contributed by atoms with van der Waals surface area (Å²) < 4.78 is 0. The van der Waals surface area contributed by atoms with Gasteiger partial charge in [0.15, 0.2) is 0 Å². The van der Waals surface area contributed by atoms with Crippen LogP contribution in [0.1, 0.15) is 30.4 Å². The fourth-order valence-corrected chi connectivity index (χ4v) is 4.25. The fourth-order valence-electron chi connectivity index (χ4n) is 4.25. The maximum atomic E-state index is 13.1. The molecular weight excluding hydrogens is 446 g/mol. The Balaban J connectivity index is 1.63. The first-order valence-electron chi connectivity index (χ1n) is 11.7. The number of benzene rings is 2. The number of hydrogen-bond acceptors (Lipinski definition) is 6. The van der Waals surface area contributed by atoms with Crippen LogP contribution < -0.4 is 21.3 Å². The van der Waals surface area contributed by atoms with E-state index in [4.69, 9.17) is 5.53 Å². The highest BCUT2D eigenvalue weighted by molar-refractivity contribution is 5.88. The minimum Gasteiger partial charge on any atom is -0.386 e. The average molecular weight is 480 g/mol. The second kappa shape index (κ2) is 12.5. The van der Waals surface area contributed by atoms with Gasteiger partial charge in [-0.15, -0.1) is 0 Å². The molecule has 0 aliphatic carbocycles. The Labute approximate surface area is 205 Å². The van der Waals surface area contributed by atoms with Crippen LogP contribution in [0.15, 0.2) is 53.6 Å². The maximum absolute atomic E-state index is 13.1. The Kier molecular flexibility index (Phi) is 9.16. The lowest BCUT2D eigenvalue weighted by molar-refractivity contribution is -0.138. The molecule has 4 amide bonds. The van der Waals surface area contributed by atoms with Crippen molar-refractivity contribution in [3.63, 3.8) is 0 Å². The van der Waals surface area contributed by atoms with Crippen molar-refractivity contribution >= 4 is 29.2 Å². The topological polar surface area (TPSA) is 139 Å². The van der Waals surface area contributed by atoms with E-state index in [0.717, 1.165) is 17.7 Å². The number of likely N-dealkylation sites (tertiary alicyclic amines) is 1. The first-order valence-corrected chi connectivity index (χ1v) is 11.7. The summed E-state index contributed by atoms with van der Waals surface area (Å²) in [5.74, 6) is -0.374. The van der Waals surface area contributed by atoms with Gasteiger partial charge in [-0.2, -0.15) is 5.11 Å². The number of amides is 4. The van der Waals surface area contributed by atoms with Crippen molar-refractivity contribution in [1.82, 2.24) is 20.9 Å². The van der Waals surface area contributed by atoms with E-state index in [2.05, 4.69) is 26.4 Å². The number of urea groups is 1. The normalized spacial score (nSPS) is 16.9. The van der Waals surface area contributed by atoms with Gasteiger partial charge in [-0.3, -0.25) is 9.59 Å². The van der Waals surface area contributed by atoms with E-state index in [1.807, 2.05) is 36.4 Å². The van der Waals surface area contributed by atoms with Crippen molar-refractivity contribution in [2.24, 2.45) is 5.11 Å². The molecular formula is C25H33N7O3. The number of anilines is 1. The van der Waals surface area contributed by atoms with E-state index in [1.165, 1.54) is 12.6 Å². The van der Waals surface area contributed by atoms with Crippen molar-refractivity contribution in [3.8, 4) is 0 Å². The average Bonchev–Trinajstić information content (AvgIpc) is 3.31. The first-order chi connectivity index (χ1) is 16.9. The molecule has 35 heavy (non-hydrogen) atoms. The van der Waals surface area contributed by atoms with Crippen LogP contribution in [0, 0.1) is 5.53 Å². The SMILES string of the molecule is CNC(=O)NC1CC(C(=O)NCc2ccc(NC)c(N=N)c2)N(C(=O)CCCc2ccccc2)C1. The summed E-state index contributed by atoms with van der Waals surface area (Å²) in [6.07, 6.45) is 2.13. The molecule has 1 heterocycles. The van der Waals surface area contributed by atoms with Crippen molar-refractivity contribution < 1.29 is 14.4 Å². The first kappa shape index (κ1) is 25.7. The van der Waals surface area contributed by atoms with Crippen molar-refractivity contribution in [3.05, 3.63) is 59.7 Å². The van der Waals surface area contributed by atoms with Gasteiger partial charge in [0.2, 0.25) is 11.8 Å². The molecule has 2 unspecified atom stereocenters. The highest BCUT2D eigenvalue weighted by Gasteiger charge is 2.39. The molecule has 5 N–H and O–H groups in total. The zero-order valence-electron chi connectivity index (χ0n) is 20.1. The molecule has 0 spiro atoms. The van der Waals surface area contributed by atoms with Crippen LogP contribution >= 0.6 is 0 Å². The Morgan fingerprint density at radius 2 is 1.86 bits per heavy atom. The highest BCUT2D eigenvalue weighted by atomic mass is 16.2. The summed E-state index contributed by atoms with van der Waals surface area (Å²) >= 11 is 0. The number of aryl methyl sites for hydroxylation is 1. The van der Waals surface area contributed by atoms with E-state index in [9.17, 15) is 14.4 Å². The smallest absolute Gasteiger partial charge is 0.314 e. The molecule has 10 heteroatoms. The third-order valence-corrected chi connectivity index (χ3v) is 6.10. The Morgan fingerprint density at radius 1 is 1.09 bits per heavy atom. The van der Waals surface area contributed by atoms with Crippen LogP contribution in [0.3, 0.4) is 0 Å². The van der Waals surface area contributed by atoms with Gasteiger partial charge in [0, 0.05) is 33.6 Å². The van der Waals surface area contributed by atoms with Crippen LogP contribution in [-0.2, 0) is 22.6 Å². The summed E-state index contributed by atoms with van der Waals surface area (Å²) in [6, 6.07) is 14.0. The lowest BCUT2D eigenvalue weighted by Crippen LogP contribution is -2.46. The number of nitrogens with one attached hydrogen (secondary N) is 5. The molecule has 0 aromatic heterocycles. The van der Waals surface area contributed by atoms with Crippen molar-refractivity contribution in [2.75, 3.05) is 26.0 Å². The standard InChI is InChI=1S/C25H33N7O3/c1-27-20-12-11-18(13-21(20)31-26)15-29-24(34)22-14-19(30-25(35)28-2)16-32(22)23(33)10-6-9-17-7-4-3-5-8-17/h3-5,7-8,11-13,19,22,26-27H,6,9-10,14-16H2,1-2H3,(H,29,34)(H2,28,30,35). The molecule has 2 atom stereocenters. The molecule has 0 radical (unpaired) electrons. The highest BCUT2D eigenvalue weighted by Crippen LogP contribution is 2.26. The minimum absolute atomic E-state index is 0.101. The Morgan fingerprint density at radius 3 is 2.54 bits per heavy atom. The quantitative estimate of drug-likeness (QED) is 0.334. The van der Waals surface area contributed by atoms with Gasteiger partial charge >= 0.3 is 6.03 Å². The largest absolute Gasteiger partial charge is 0.386 e. The number of carbonyl (C=O) groups is 3. The Bertz CT molecular complexity index is 1040. The summed E-state index contributed by atoms with van der Waals surface area (Å²) in [4.78, 5) is 39.6. The molecule has 0 saturated carbocycles. The third kappa shape index (κ3) is 7.02. The van der Waals surface area contributed by atoms with Crippen molar-refractivity contribution in [1.29, 1.82) is 5.53 Å². The number of hydrogen-bond donors (Lipinski definition) is 5. The zero-order valence-corrected chi connectivity index (χ0v) is 20.1. The molecule has 1 saturated heterocycles. The second-order valence-electron chi connectivity index (χ2n) is 8.49. The van der Waals surface area contributed by atoms with Crippen LogP contribution in [-0.4, -0.2) is 55.5 Å². The number of nitrogens with zero attached hydrogens (tertiary/aromatic N) is 2. The van der Waals surface area contributed by atoms with E-state index in [-0.39, 0.29) is 37.0 Å². The molecule has 1 aliphatic rings. The molecule has 10 nitrogen and oxygen atoms in total. The van der Waals surface area contributed by atoms with Gasteiger partial charge in [-0.05, 0) is 42.5 Å². The van der Waals surface area contributed by atoms with Crippen LogP contribution in [0.5, 0.6) is 0 Å². The van der Waals surface area contributed by atoms with Gasteiger partial charge in [0.05, 0.1) is 11.7 Å². The third-order valence-electron chi connectivity index (χ3n) is 6.10. The van der Waals surface area contributed by atoms with Gasteiger partial charge in [-0.1, -0.05) is 36.4 Å². The van der Waals surface area contributed by atoms with Gasteiger partial charge < -0.3 is 26.2 Å². The van der Waals surface area contributed by atoms with E-state index in [0.29, 0.717) is 24.9 Å². The minimum atomic E-state index is -0.668.